The predicted molar refractivity (Wildman–Crippen MR) is 68.1 cm³/mol. The number of nitrogens with one attached hydrogen (secondary N) is 1. The molecular weight excluding hydrogens is 289 g/mol. The van der Waals surface area contributed by atoms with Crippen molar-refractivity contribution in [2.24, 2.45) is 0 Å². The molecule has 0 radical (unpaired) electrons. The van der Waals surface area contributed by atoms with Crippen molar-refractivity contribution < 1.29 is 17.7 Å². The SMILES string of the molecule is O=[N+]([O-])c1c(F)cccc1S(=O)(=O)Nc1cccnc1. The molecule has 0 fully saturated rings. The van der Waals surface area contributed by atoms with Gasteiger partial charge in [0.1, 0.15) is 0 Å². The van der Waals surface area contributed by atoms with Gasteiger partial charge in [0, 0.05) is 6.20 Å². The molecule has 0 saturated carbocycles. The summed E-state index contributed by atoms with van der Waals surface area (Å²) in [5, 5.41) is 10.8. The van der Waals surface area contributed by atoms with Gasteiger partial charge in [0.05, 0.1) is 16.8 Å². The van der Waals surface area contributed by atoms with Gasteiger partial charge in [-0.05, 0) is 24.3 Å². The fourth-order valence-corrected chi connectivity index (χ4v) is 2.75. The number of pyridine rings is 1. The lowest BCUT2D eigenvalue weighted by molar-refractivity contribution is -0.390. The van der Waals surface area contributed by atoms with Gasteiger partial charge in [0.25, 0.3) is 10.0 Å². The van der Waals surface area contributed by atoms with Gasteiger partial charge < -0.3 is 0 Å². The molecule has 0 aliphatic rings. The Balaban J connectivity index is 2.50. The summed E-state index contributed by atoms with van der Waals surface area (Å²) in [6, 6.07) is 5.76. The molecule has 1 aromatic carbocycles. The van der Waals surface area contributed by atoms with Crippen LogP contribution in [0.3, 0.4) is 0 Å². The third kappa shape index (κ3) is 2.72. The smallest absolute Gasteiger partial charge is 0.278 e. The maximum absolute atomic E-state index is 13.4. The second-order valence-corrected chi connectivity index (χ2v) is 5.34. The molecule has 0 aliphatic heterocycles. The molecule has 2 aromatic rings. The minimum atomic E-state index is -4.28. The highest BCUT2D eigenvalue weighted by molar-refractivity contribution is 7.92. The third-order valence-corrected chi connectivity index (χ3v) is 3.75. The summed E-state index contributed by atoms with van der Waals surface area (Å²) in [4.78, 5) is 12.7. The summed E-state index contributed by atoms with van der Waals surface area (Å²) >= 11 is 0. The summed E-state index contributed by atoms with van der Waals surface area (Å²) in [6.45, 7) is 0. The molecule has 1 heterocycles. The second-order valence-electron chi connectivity index (χ2n) is 3.69. The van der Waals surface area contributed by atoms with Gasteiger partial charge >= 0.3 is 5.69 Å². The van der Waals surface area contributed by atoms with Crippen molar-refractivity contribution in [2.45, 2.75) is 4.90 Å². The highest BCUT2D eigenvalue weighted by Crippen LogP contribution is 2.27. The minimum Gasteiger partial charge on any atom is -0.278 e. The number of benzene rings is 1. The van der Waals surface area contributed by atoms with E-state index in [1.807, 2.05) is 0 Å². The van der Waals surface area contributed by atoms with Crippen molar-refractivity contribution in [2.75, 3.05) is 4.72 Å². The third-order valence-electron chi connectivity index (χ3n) is 2.34. The minimum absolute atomic E-state index is 0.117. The number of nitrogens with zero attached hydrogens (tertiary/aromatic N) is 2. The second kappa shape index (κ2) is 5.21. The highest BCUT2D eigenvalue weighted by atomic mass is 32.2. The molecule has 0 bridgehead atoms. The van der Waals surface area contributed by atoms with E-state index < -0.39 is 31.3 Å². The number of rotatable bonds is 4. The van der Waals surface area contributed by atoms with E-state index in [9.17, 15) is 22.9 Å². The molecule has 2 rings (SSSR count). The molecule has 0 amide bonds. The zero-order valence-electron chi connectivity index (χ0n) is 9.86. The van der Waals surface area contributed by atoms with E-state index in [1.54, 1.807) is 0 Å². The lowest BCUT2D eigenvalue weighted by Crippen LogP contribution is -2.15. The summed E-state index contributed by atoms with van der Waals surface area (Å²) in [5.74, 6) is -1.22. The Labute approximate surface area is 113 Å². The largest absolute Gasteiger partial charge is 0.325 e. The van der Waals surface area contributed by atoms with Gasteiger partial charge in [-0.3, -0.25) is 19.8 Å². The molecule has 0 saturated heterocycles. The summed E-state index contributed by atoms with van der Waals surface area (Å²) in [7, 11) is -4.28. The van der Waals surface area contributed by atoms with Crippen molar-refractivity contribution in [1.82, 2.24) is 4.98 Å². The van der Waals surface area contributed by atoms with Crippen LogP contribution in [0.4, 0.5) is 15.8 Å². The quantitative estimate of drug-likeness (QED) is 0.686. The van der Waals surface area contributed by atoms with Gasteiger partial charge in [-0.2, -0.15) is 4.39 Å². The van der Waals surface area contributed by atoms with Gasteiger partial charge in [0.15, 0.2) is 4.90 Å². The van der Waals surface area contributed by atoms with Gasteiger partial charge in [-0.15, -0.1) is 0 Å². The highest BCUT2D eigenvalue weighted by Gasteiger charge is 2.29. The molecule has 7 nitrogen and oxygen atoms in total. The van der Waals surface area contributed by atoms with E-state index in [1.165, 1.54) is 24.5 Å². The lowest BCUT2D eigenvalue weighted by atomic mass is 10.3. The van der Waals surface area contributed by atoms with Crippen molar-refractivity contribution in [3.05, 3.63) is 58.7 Å². The number of anilines is 1. The normalized spacial score (nSPS) is 11.1. The molecule has 0 spiro atoms. The molecule has 0 atom stereocenters. The Kier molecular flexibility index (Phi) is 3.61. The Morgan fingerprint density at radius 3 is 2.60 bits per heavy atom. The van der Waals surface area contributed by atoms with Gasteiger partial charge in [0.2, 0.25) is 5.82 Å². The predicted octanol–water partition coefficient (Wildman–Crippen LogP) is 1.93. The van der Waals surface area contributed by atoms with Crippen LogP contribution in [0.2, 0.25) is 0 Å². The molecule has 0 aliphatic carbocycles. The van der Waals surface area contributed by atoms with E-state index in [0.29, 0.717) is 0 Å². The first-order chi connectivity index (χ1) is 9.42. The van der Waals surface area contributed by atoms with Gasteiger partial charge in [-0.25, -0.2) is 8.42 Å². The fraction of sp³-hybridized carbons (Fsp3) is 0. The monoisotopic (exact) mass is 297 g/mol. The van der Waals surface area contributed by atoms with E-state index in [-0.39, 0.29) is 5.69 Å². The van der Waals surface area contributed by atoms with Crippen LogP contribution in [0.25, 0.3) is 0 Å². The molecule has 9 heteroatoms. The Morgan fingerprint density at radius 1 is 1.25 bits per heavy atom. The Bertz CT molecular complexity index is 750. The number of halogens is 1. The van der Waals surface area contributed by atoms with Crippen molar-refractivity contribution in [1.29, 1.82) is 0 Å². The molecular formula is C11H8FN3O4S. The van der Waals surface area contributed by atoms with Crippen molar-refractivity contribution >= 4 is 21.4 Å². The maximum atomic E-state index is 13.4. The van der Waals surface area contributed by atoms with Crippen LogP contribution < -0.4 is 4.72 Å². The molecule has 104 valence electrons. The number of para-hydroxylation sites is 1. The van der Waals surface area contributed by atoms with Gasteiger partial charge in [-0.1, -0.05) is 6.07 Å². The van der Waals surface area contributed by atoms with Crippen LogP contribution in [-0.4, -0.2) is 18.3 Å². The number of nitro groups is 1. The fourth-order valence-electron chi connectivity index (χ4n) is 1.52. The van der Waals surface area contributed by atoms with Crippen molar-refractivity contribution in [3.8, 4) is 0 Å². The first-order valence-corrected chi connectivity index (χ1v) is 6.76. The van der Waals surface area contributed by atoms with Crippen LogP contribution in [-0.2, 0) is 10.0 Å². The average molecular weight is 297 g/mol. The molecule has 1 N–H and O–H groups in total. The number of aromatic nitrogens is 1. The van der Waals surface area contributed by atoms with E-state index in [2.05, 4.69) is 9.71 Å². The first-order valence-electron chi connectivity index (χ1n) is 5.27. The summed E-state index contributed by atoms with van der Waals surface area (Å²) in [6.07, 6.45) is 2.66. The van der Waals surface area contributed by atoms with Crippen molar-refractivity contribution in [3.63, 3.8) is 0 Å². The zero-order chi connectivity index (χ0) is 14.8. The van der Waals surface area contributed by atoms with E-state index >= 15 is 0 Å². The van der Waals surface area contributed by atoms with E-state index in [4.69, 9.17) is 0 Å². The van der Waals surface area contributed by atoms with Crippen LogP contribution in [0.5, 0.6) is 0 Å². The summed E-state index contributed by atoms with van der Waals surface area (Å²) in [5.41, 5.74) is -0.977. The zero-order valence-corrected chi connectivity index (χ0v) is 10.7. The molecule has 0 unspecified atom stereocenters. The Morgan fingerprint density at radius 2 is 2.00 bits per heavy atom. The summed E-state index contributed by atoms with van der Waals surface area (Å²) < 4.78 is 39.7. The van der Waals surface area contributed by atoms with Crippen LogP contribution in [0.15, 0.2) is 47.6 Å². The van der Waals surface area contributed by atoms with Crippen LogP contribution in [0, 0.1) is 15.9 Å². The maximum Gasteiger partial charge on any atom is 0.325 e. The molecule has 20 heavy (non-hydrogen) atoms. The first kappa shape index (κ1) is 13.9. The van der Waals surface area contributed by atoms with Crippen LogP contribution in [0.1, 0.15) is 0 Å². The number of nitro benzene ring substituents is 1. The average Bonchev–Trinajstić information content (AvgIpc) is 2.38. The Hall–Kier alpha value is -2.55. The van der Waals surface area contributed by atoms with E-state index in [0.717, 1.165) is 18.2 Å². The number of hydrogen-bond acceptors (Lipinski definition) is 5. The molecule has 1 aromatic heterocycles. The standard InChI is InChI=1S/C11H8FN3O4S/c12-9-4-1-5-10(11(9)15(16)17)20(18,19)14-8-3-2-6-13-7-8/h1-7,14H. The van der Waals surface area contributed by atoms with Crippen LogP contribution >= 0.6 is 0 Å². The lowest BCUT2D eigenvalue weighted by Gasteiger charge is -2.08. The number of hydrogen-bond donors (Lipinski definition) is 1. The topological polar surface area (TPSA) is 102 Å². The number of sulfonamides is 1.